The van der Waals surface area contributed by atoms with Crippen LogP contribution in [-0.2, 0) is 0 Å². The van der Waals surface area contributed by atoms with Crippen LogP contribution in [0.1, 0.15) is 0 Å². The van der Waals surface area contributed by atoms with E-state index in [9.17, 15) is 26.3 Å². The summed E-state index contributed by atoms with van der Waals surface area (Å²) in [6.45, 7) is 0. The molecule has 0 heterocycles. The van der Waals surface area contributed by atoms with Crippen molar-refractivity contribution in [1.82, 2.24) is 0 Å². The highest BCUT2D eigenvalue weighted by molar-refractivity contribution is 8.00. The molecule has 0 saturated carbocycles. The Morgan fingerprint density at radius 1 is 1.05 bits per heavy atom. The molecule has 0 bridgehead atoms. The van der Waals surface area contributed by atoms with Crippen LogP contribution in [0.3, 0.4) is 0 Å². The molecule has 0 saturated heterocycles. The first-order valence-corrected chi connectivity index (χ1v) is 5.62. The van der Waals surface area contributed by atoms with Crippen LogP contribution < -0.4 is 9.64 Å². The SMILES string of the molecule is CN(C)c1ccc(SC(F)(F)F)c(OC(F)(F)F)c1. The fraction of sp³-hybridized carbons (Fsp3) is 0.400. The van der Waals surface area contributed by atoms with Crippen LogP contribution in [0.25, 0.3) is 0 Å². The average Bonchev–Trinajstić information content (AvgIpc) is 2.15. The minimum Gasteiger partial charge on any atom is -0.405 e. The van der Waals surface area contributed by atoms with E-state index in [2.05, 4.69) is 4.74 Å². The molecule has 0 aliphatic carbocycles. The maximum absolute atomic E-state index is 12.2. The van der Waals surface area contributed by atoms with Crippen LogP contribution >= 0.6 is 11.8 Å². The highest BCUT2D eigenvalue weighted by Gasteiger charge is 2.35. The number of ether oxygens (including phenoxy) is 1. The zero-order valence-electron chi connectivity index (χ0n) is 9.76. The van der Waals surface area contributed by atoms with Crippen molar-refractivity contribution >= 4 is 17.4 Å². The summed E-state index contributed by atoms with van der Waals surface area (Å²) in [5.41, 5.74) is -4.39. The Morgan fingerprint density at radius 3 is 2.05 bits per heavy atom. The lowest BCUT2D eigenvalue weighted by atomic mass is 10.3. The minimum atomic E-state index is -5.05. The van der Waals surface area contributed by atoms with Crippen LogP contribution in [0.5, 0.6) is 5.75 Å². The summed E-state index contributed by atoms with van der Waals surface area (Å²) in [7, 11) is 3.09. The lowest BCUT2D eigenvalue weighted by Gasteiger charge is -2.18. The maximum atomic E-state index is 12.2. The number of hydrogen-bond acceptors (Lipinski definition) is 3. The highest BCUT2D eigenvalue weighted by Crippen LogP contribution is 2.43. The van der Waals surface area contributed by atoms with Crippen molar-refractivity contribution in [1.29, 1.82) is 0 Å². The van der Waals surface area contributed by atoms with Gasteiger partial charge in [0.2, 0.25) is 0 Å². The number of anilines is 1. The third-order valence-electron chi connectivity index (χ3n) is 1.90. The van der Waals surface area contributed by atoms with Crippen LogP contribution in [0.2, 0.25) is 0 Å². The van der Waals surface area contributed by atoms with Crippen molar-refractivity contribution in [2.24, 2.45) is 0 Å². The summed E-state index contributed by atoms with van der Waals surface area (Å²) in [6, 6.07) is 3.12. The van der Waals surface area contributed by atoms with E-state index in [1.165, 1.54) is 11.0 Å². The van der Waals surface area contributed by atoms with Crippen molar-refractivity contribution in [2.45, 2.75) is 16.8 Å². The smallest absolute Gasteiger partial charge is 0.405 e. The molecular formula is C10H9F6NOS. The van der Waals surface area contributed by atoms with Gasteiger partial charge in [-0.25, -0.2) is 0 Å². The molecule has 0 spiro atoms. The monoisotopic (exact) mass is 305 g/mol. The Hall–Kier alpha value is -1.25. The fourth-order valence-electron chi connectivity index (χ4n) is 1.19. The number of thioether (sulfide) groups is 1. The van der Waals surface area contributed by atoms with Gasteiger partial charge in [-0.1, -0.05) is 0 Å². The van der Waals surface area contributed by atoms with Gasteiger partial charge in [0.25, 0.3) is 0 Å². The number of alkyl halides is 6. The predicted molar refractivity (Wildman–Crippen MR) is 59.4 cm³/mol. The van der Waals surface area contributed by atoms with Gasteiger partial charge >= 0.3 is 11.9 Å². The molecule has 0 amide bonds. The second-order valence-electron chi connectivity index (χ2n) is 3.62. The summed E-state index contributed by atoms with van der Waals surface area (Å²) in [5.74, 6) is -0.874. The number of halogens is 6. The molecule has 0 aliphatic rings. The van der Waals surface area contributed by atoms with Crippen molar-refractivity contribution in [2.75, 3.05) is 19.0 Å². The van der Waals surface area contributed by atoms with Crippen LogP contribution in [0.15, 0.2) is 23.1 Å². The molecule has 1 aromatic carbocycles. The number of benzene rings is 1. The quantitative estimate of drug-likeness (QED) is 0.611. The first-order chi connectivity index (χ1) is 8.48. The minimum absolute atomic E-state index is 0.297. The molecule has 2 nitrogen and oxygen atoms in total. The second kappa shape index (κ2) is 5.40. The van der Waals surface area contributed by atoms with E-state index < -0.39 is 34.3 Å². The molecule has 9 heteroatoms. The van der Waals surface area contributed by atoms with Gasteiger partial charge in [-0.3, -0.25) is 0 Å². The molecule has 0 fully saturated rings. The molecule has 1 aromatic rings. The van der Waals surface area contributed by atoms with E-state index in [1.54, 1.807) is 14.1 Å². The van der Waals surface area contributed by atoms with Crippen molar-refractivity contribution in [3.8, 4) is 5.75 Å². The van der Waals surface area contributed by atoms with Crippen LogP contribution in [0, 0.1) is 0 Å². The second-order valence-corrected chi connectivity index (χ2v) is 4.73. The van der Waals surface area contributed by atoms with Crippen LogP contribution in [-0.4, -0.2) is 26.0 Å². The molecule has 0 N–H and O–H groups in total. The lowest BCUT2D eigenvalue weighted by molar-refractivity contribution is -0.275. The van der Waals surface area contributed by atoms with Crippen LogP contribution in [0.4, 0.5) is 32.0 Å². The summed E-state index contributed by atoms with van der Waals surface area (Å²) in [5, 5.41) is 0. The number of nitrogens with zero attached hydrogens (tertiary/aromatic N) is 1. The number of rotatable bonds is 3. The summed E-state index contributed by atoms with van der Waals surface area (Å²) in [4.78, 5) is 0.807. The van der Waals surface area contributed by atoms with E-state index in [0.717, 1.165) is 12.1 Å². The van der Waals surface area contributed by atoms with Crippen molar-refractivity contribution in [3.63, 3.8) is 0 Å². The Balaban J connectivity index is 3.15. The summed E-state index contributed by atoms with van der Waals surface area (Å²) < 4.78 is 76.8. The number of hydrogen-bond donors (Lipinski definition) is 0. The highest BCUT2D eigenvalue weighted by atomic mass is 32.2. The molecular weight excluding hydrogens is 296 g/mol. The van der Waals surface area contributed by atoms with Gasteiger partial charge in [-0.05, 0) is 23.9 Å². The zero-order chi connectivity index (χ0) is 14.8. The Labute approximate surface area is 109 Å². The Morgan fingerprint density at radius 2 is 1.63 bits per heavy atom. The topological polar surface area (TPSA) is 12.5 Å². The first-order valence-electron chi connectivity index (χ1n) is 4.81. The fourth-order valence-corrected chi connectivity index (χ4v) is 1.77. The summed E-state index contributed by atoms with van der Waals surface area (Å²) in [6.07, 6.45) is -5.05. The van der Waals surface area contributed by atoms with E-state index in [0.29, 0.717) is 5.69 Å². The van der Waals surface area contributed by atoms with E-state index in [4.69, 9.17) is 0 Å². The molecule has 0 atom stereocenters. The third kappa shape index (κ3) is 5.50. The van der Waals surface area contributed by atoms with E-state index >= 15 is 0 Å². The standard InChI is InChI=1S/C10H9F6NOS/c1-17(2)6-3-4-8(19-10(14,15)16)7(5-6)18-9(11,12)13/h3-5H,1-2H3. The van der Waals surface area contributed by atoms with Crippen molar-refractivity contribution < 1.29 is 31.1 Å². The van der Waals surface area contributed by atoms with Gasteiger partial charge in [-0.2, -0.15) is 13.2 Å². The maximum Gasteiger partial charge on any atom is 0.573 e. The third-order valence-corrected chi connectivity index (χ3v) is 2.68. The van der Waals surface area contributed by atoms with E-state index in [1.807, 2.05) is 0 Å². The molecule has 19 heavy (non-hydrogen) atoms. The Bertz CT molecular complexity index is 443. The zero-order valence-corrected chi connectivity index (χ0v) is 10.6. The molecule has 0 unspecified atom stereocenters. The molecule has 0 aliphatic heterocycles. The first kappa shape index (κ1) is 15.8. The Kier molecular flexibility index (Phi) is 4.49. The largest absolute Gasteiger partial charge is 0.573 e. The van der Waals surface area contributed by atoms with E-state index in [-0.39, 0.29) is 0 Å². The predicted octanol–water partition coefficient (Wildman–Crippen LogP) is 4.26. The van der Waals surface area contributed by atoms with Gasteiger partial charge in [0.1, 0.15) is 5.75 Å². The van der Waals surface area contributed by atoms with Gasteiger partial charge < -0.3 is 9.64 Å². The summed E-state index contributed by atoms with van der Waals surface area (Å²) >= 11 is -0.655. The van der Waals surface area contributed by atoms with Gasteiger partial charge in [0, 0.05) is 25.8 Å². The normalized spacial score (nSPS) is 12.4. The van der Waals surface area contributed by atoms with Gasteiger partial charge in [0.05, 0.1) is 4.90 Å². The molecule has 0 aromatic heterocycles. The molecule has 0 radical (unpaired) electrons. The van der Waals surface area contributed by atoms with Gasteiger partial charge in [-0.15, -0.1) is 13.2 Å². The molecule has 108 valence electrons. The molecule has 1 rings (SSSR count). The van der Waals surface area contributed by atoms with Gasteiger partial charge in [0.15, 0.2) is 0 Å². The average molecular weight is 305 g/mol. The lowest BCUT2D eigenvalue weighted by Crippen LogP contribution is -2.18. The van der Waals surface area contributed by atoms with Crippen molar-refractivity contribution in [3.05, 3.63) is 18.2 Å².